The molecule has 1 N–H and O–H groups in total. The van der Waals surface area contributed by atoms with Crippen LogP contribution in [0.2, 0.25) is 0 Å². The Balaban J connectivity index is 1.32. The molecule has 9 heteroatoms. The number of aromatic nitrogens is 5. The smallest absolute Gasteiger partial charge is 0.277 e. The van der Waals surface area contributed by atoms with Gasteiger partial charge in [0.05, 0.1) is 16.2 Å². The van der Waals surface area contributed by atoms with Crippen molar-refractivity contribution in [3.63, 3.8) is 0 Å². The molecule has 0 amide bonds. The van der Waals surface area contributed by atoms with Crippen molar-refractivity contribution in [3.05, 3.63) is 53.8 Å². The zero-order valence-corrected chi connectivity index (χ0v) is 14.9. The van der Waals surface area contributed by atoms with Gasteiger partial charge < -0.3 is 13.9 Å². The lowest BCUT2D eigenvalue weighted by molar-refractivity contribution is 0.425. The first-order valence-corrected chi connectivity index (χ1v) is 9.62. The van der Waals surface area contributed by atoms with Gasteiger partial charge in [0.2, 0.25) is 0 Å². The second-order valence-corrected chi connectivity index (χ2v) is 7.28. The van der Waals surface area contributed by atoms with Crippen molar-refractivity contribution in [1.29, 1.82) is 0 Å². The summed E-state index contributed by atoms with van der Waals surface area (Å²) in [4.78, 5) is 8.54. The monoisotopic (exact) mass is 381 g/mol. The fraction of sp³-hybridized carbons (Fsp3) is 0.0588. The van der Waals surface area contributed by atoms with E-state index in [1.807, 2.05) is 48.0 Å². The van der Waals surface area contributed by atoms with Crippen LogP contribution >= 0.6 is 23.1 Å². The number of nitrogens with one attached hydrogen (secondary N) is 1. The molecule has 4 aromatic heterocycles. The molecule has 0 aliphatic heterocycles. The number of hydrogen-bond acceptors (Lipinski definition) is 8. The Bertz CT molecular complexity index is 1160. The molecular formula is C17H11N5O2S2. The number of para-hydroxylation sites is 1. The lowest BCUT2D eigenvalue weighted by Gasteiger charge is -1.92. The fourth-order valence-electron chi connectivity index (χ4n) is 2.56. The summed E-state index contributed by atoms with van der Waals surface area (Å²) < 4.78 is 11.0. The highest BCUT2D eigenvalue weighted by Crippen LogP contribution is 2.30. The molecule has 0 fully saturated rings. The van der Waals surface area contributed by atoms with Crippen LogP contribution in [0.3, 0.4) is 0 Å². The number of rotatable bonds is 5. The van der Waals surface area contributed by atoms with Gasteiger partial charge >= 0.3 is 0 Å². The predicted molar refractivity (Wildman–Crippen MR) is 98.8 cm³/mol. The van der Waals surface area contributed by atoms with E-state index >= 15 is 0 Å². The molecular weight excluding hydrogens is 370 g/mol. The van der Waals surface area contributed by atoms with E-state index in [1.54, 1.807) is 11.3 Å². The van der Waals surface area contributed by atoms with Crippen LogP contribution in [0.4, 0.5) is 0 Å². The standard InChI is InChI=1S/C17H11N5O2S2/c1-2-5-12-10(4-1)11(8-18-12)15-20-21-17(23-15)26-9-14-19-16(24-22-14)13-6-3-7-25-13/h1-8,18H,9H2. The van der Waals surface area contributed by atoms with Crippen molar-refractivity contribution in [2.75, 3.05) is 0 Å². The maximum atomic E-state index is 5.77. The van der Waals surface area contributed by atoms with E-state index in [-0.39, 0.29) is 0 Å². The molecule has 0 unspecified atom stereocenters. The minimum absolute atomic E-state index is 0.466. The Morgan fingerprint density at radius 3 is 2.96 bits per heavy atom. The van der Waals surface area contributed by atoms with Crippen LogP contribution in [0.1, 0.15) is 5.82 Å². The van der Waals surface area contributed by atoms with Gasteiger partial charge in [0.15, 0.2) is 5.82 Å². The molecule has 4 heterocycles. The quantitative estimate of drug-likeness (QED) is 0.444. The van der Waals surface area contributed by atoms with E-state index in [9.17, 15) is 0 Å². The van der Waals surface area contributed by atoms with Crippen molar-refractivity contribution in [3.8, 4) is 22.2 Å². The van der Waals surface area contributed by atoms with Gasteiger partial charge in [-0.3, -0.25) is 0 Å². The first-order chi connectivity index (χ1) is 12.9. The van der Waals surface area contributed by atoms with E-state index in [1.165, 1.54) is 11.8 Å². The van der Waals surface area contributed by atoms with Gasteiger partial charge in [-0.05, 0) is 17.5 Å². The summed E-state index contributed by atoms with van der Waals surface area (Å²) in [5.74, 6) is 2.09. The number of H-pyrrole nitrogens is 1. The summed E-state index contributed by atoms with van der Waals surface area (Å²) in [5.41, 5.74) is 1.92. The van der Waals surface area contributed by atoms with Gasteiger partial charge in [-0.25, -0.2) is 0 Å². The fourth-order valence-corrected chi connectivity index (χ4v) is 3.82. The largest absolute Gasteiger partial charge is 0.411 e. The molecule has 5 rings (SSSR count). The summed E-state index contributed by atoms with van der Waals surface area (Å²) in [6.07, 6.45) is 1.87. The maximum absolute atomic E-state index is 5.77. The Kier molecular flexibility index (Phi) is 3.80. The number of thiophene rings is 1. The third-order valence-electron chi connectivity index (χ3n) is 3.75. The molecule has 0 radical (unpaired) electrons. The van der Waals surface area contributed by atoms with Gasteiger partial charge in [0, 0.05) is 17.1 Å². The molecule has 26 heavy (non-hydrogen) atoms. The normalized spacial score (nSPS) is 11.4. The van der Waals surface area contributed by atoms with Crippen LogP contribution in [-0.4, -0.2) is 25.3 Å². The zero-order chi connectivity index (χ0) is 17.3. The first kappa shape index (κ1) is 15.4. The predicted octanol–water partition coefficient (Wildman–Crippen LogP) is 4.62. The van der Waals surface area contributed by atoms with Crippen molar-refractivity contribution in [2.45, 2.75) is 11.0 Å². The minimum atomic E-state index is 0.466. The van der Waals surface area contributed by atoms with Crippen LogP contribution in [-0.2, 0) is 5.75 Å². The third kappa shape index (κ3) is 2.80. The highest BCUT2D eigenvalue weighted by Gasteiger charge is 2.15. The third-order valence-corrected chi connectivity index (χ3v) is 5.42. The molecule has 128 valence electrons. The van der Waals surface area contributed by atoms with Gasteiger partial charge in [-0.2, -0.15) is 4.98 Å². The van der Waals surface area contributed by atoms with Crippen LogP contribution in [0, 0.1) is 0 Å². The molecule has 0 bridgehead atoms. The van der Waals surface area contributed by atoms with Crippen molar-refractivity contribution in [1.82, 2.24) is 25.3 Å². The number of aromatic amines is 1. The minimum Gasteiger partial charge on any atom is -0.411 e. The van der Waals surface area contributed by atoms with Crippen LogP contribution < -0.4 is 0 Å². The number of hydrogen-bond donors (Lipinski definition) is 1. The molecule has 0 aliphatic carbocycles. The van der Waals surface area contributed by atoms with Gasteiger partial charge in [0.25, 0.3) is 17.0 Å². The summed E-state index contributed by atoms with van der Waals surface area (Å²) >= 11 is 2.94. The van der Waals surface area contributed by atoms with Crippen LogP contribution in [0.25, 0.3) is 33.1 Å². The second kappa shape index (κ2) is 6.43. The van der Waals surface area contributed by atoms with Crippen molar-refractivity contribution < 1.29 is 8.94 Å². The number of benzene rings is 1. The van der Waals surface area contributed by atoms with Gasteiger partial charge in [0.1, 0.15) is 0 Å². The Morgan fingerprint density at radius 1 is 1.08 bits per heavy atom. The number of nitrogens with zero attached hydrogens (tertiary/aromatic N) is 4. The Hall–Kier alpha value is -2.91. The van der Waals surface area contributed by atoms with Gasteiger partial charge in [-0.1, -0.05) is 41.2 Å². The molecule has 0 saturated heterocycles. The van der Waals surface area contributed by atoms with E-state index in [4.69, 9.17) is 8.94 Å². The Labute approximate surface area is 155 Å². The first-order valence-electron chi connectivity index (χ1n) is 7.76. The Morgan fingerprint density at radius 2 is 2.04 bits per heavy atom. The molecule has 5 aromatic rings. The van der Waals surface area contributed by atoms with E-state index in [2.05, 4.69) is 25.3 Å². The highest BCUT2D eigenvalue weighted by molar-refractivity contribution is 7.98. The summed E-state index contributed by atoms with van der Waals surface area (Å²) in [6.45, 7) is 0. The molecule has 0 aliphatic rings. The molecule has 0 saturated carbocycles. The van der Waals surface area contributed by atoms with Gasteiger partial charge in [-0.15, -0.1) is 21.5 Å². The average Bonchev–Trinajstić information content (AvgIpc) is 3.46. The van der Waals surface area contributed by atoms with E-state index < -0.39 is 0 Å². The molecule has 7 nitrogen and oxygen atoms in total. The summed E-state index contributed by atoms with van der Waals surface area (Å²) in [7, 11) is 0. The van der Waals surface area contributed by atoms with Crippen LogP contribution in [0.15, 0.2) is 62.1 Å². The zero-order valence-electron chi connectivity index (χ0n) is 13.2. The van der Waals surface area contributed by atoms with E-state index in [0.29, 0.717) is 28.6 Å². The van der Waals surface area contributed by atoms with Crippen LogP contribution in [0.5, 0.6) is 0 Å². The number of fused-ring (bicyclic) bond motifs is 1. The molecule has 1 aromatic carbocycles. The topological polar surface area (TPSA) is 93.6 Å². The van der Waals surface area contributed by atoms with Crippen molar-refractivity contribution >= 4 is 34.0 Å². The highest BCUT2D eigenvalue weighted by atomic mass is 32.2. The lowest BCUT2D eigenvalue weighted by Crippen LogP contribution is -1.83. The summed E-state index contributed by atoms with van der Waals surface area (Å²) in [6, 6.07) is 11.9. The SMILES string of the molecule is c1csc(-c2nc(CSc3nnc(-c4c[nH]c5ccccc45)o3)no2)c1. The van der Waals surface area contributed by atoms with E-state index in [0.717, 1.165) is 21.3 Å². The second-order valence-electron chi connectivity index (χ2n) is 5.40. The van der Waals surface area contributed by atoms with Crippen molar-refractivity contribution in [2.24, 2.45) is 0 Å². The average molecular weight is 381 g/mol. The lowest BCUT2D eigenvalue weighted by atomic mass is 10.2. The molecule has 0 spiro atoms. The number of thioether (sulfide) groups is 1. The molecule has 0 atom stereocenters. The summed E-state index contributed by atoms with van der Waals surface area (Å²) in [5, 5.41) is 15.7. The maximum Gasteiger partial charge on any atom is 0.277 e.